The van der Waals surface area contributed by atoms with Crippen LogP contribution in [0, 0.1) is 11.8 Å². The van der Waals surface area contributed by atoms with E-state index in [1.165, 1.54) is 24.8 Å². The number of amides is 1. The number of nitrogens with one attached hydrogen (secondary N) is 1. The summed E-state index contributed by atoms with van der Waals surface area (Å²) in [5.41, 5.74) is 1.24. The summed E-state index contributed by atoms with van der Waals surface area (Å²) in [5, 5.41) is 2.86. The van der Waals surface area contributed by atoms with Crippen LogP contribution in [-0.2, 0) is 4.79 Å². The number of carbonyl (C=O) groups is 1. The molecule has 0 spiro atoms. The molecule has 0 radical (unpaired) electrons. The molecule has 2 heteroatoms. The van der Waals surface area contributed by atoms with Gasteiger partial charge in [0, 0.05) is 13.5 Å². The SMILES string of the molecule is CCCC1CC=CC(CNC(C)=O)=CCC1C. The van der Waals surface area contributed by atoms with Crippen LogP contribution in [0.1, 0.15) is 46.5 Å². The molecule has 0 saturated heterocycles. The van der Waals surface area contributed by atoms with Gasteiger partial charge in [-0.3, -0.25) is 4.79 Å². The molecule has 0 aromatic rings. The predicted molar refractivity (Wildman–Crippen MR) is 72.7 cm³/mol. The van der Waals surface area contributed by atoms with Crippen LogP contribution in [0.2, 0.25) is 0 Å². The average Bonchev–Trinajstić information content (AvgIpc) is 2.27. The number of carbonyl (C=O) groups excluding carboxylic acids is 1. The van der Waals surface area contributed by atoms with Crippen LogP contribution in [-0.4, -0.2) is 12.5 Å². The monoisotopic (exact) mass is 235 g/mol. The van der Waals surface area contributed by atoms with Crippen LogP contribution < -0.4 is 5.32 Å². The highest BCUT2D eigenvalue weighted by molar-refractivity contribution is 5.73. The van der Waals surface area contributed by atoms with Gasteiger partial charge in [0.25, 0.3) is 0 Å². The Hall–Kier alpha value is -1.05. The fraction of sp³-hybridized carbons (Fsp3) is 0.667. The van der Waals surface area contributed by atoms with Crippen LogP contribution in [0.25, 0.3) is 0 Å². The van der Waals surface area contributed by atoms with Crippen molar-refractivity contribution >= 4 is 5.91 Å². The quantitative estimate of drug-likeness (QED) is 0.794. The first-order chi connectivity index (χ1) is 8.13. The van der Waals surface area contributed by atoms with Gasteiger partial charge in [0.1, 0.15) is 0 Å². The van der Waals surface area contributed by atoms with Crippen molar-refractivity contribution in [1.29, 1.82) is 0 Å². The van der Waals surface area contributed by atoms with Crippen molar-refractivity contribution in [1.82, 2.24) is 5.32 Å². The third kappa shape index (κ3) is 5.20. The van der Waals surface area contributed by atoms with E-state index in [-0.39, 0.29) is 5.91 Å². The van der Waals surface area contributed by atoms with Crippen LogP contribution in [0.3, 0.4) is 0 Å². The minimum atomic E-state index is 0.0401. The molecule has 1 aliphatic carbocycles. The summed E-state index contributed by atoms with van der Waals surface area (Å²) < 4.78 is 0. The molecule has 1 N–H and O–H groups in total. The standard InChI is InChI=1S/C15H25NO/c1-4-6-15-8-5-7-14(10-9-12(15)2)11-16-13(3)17/h5,7,10,12,15H,4,6,8-9,11H2,1-3H3,(H,16,17). The maximum atomic E-state index is 10.9. The molecule has 0 aromatic carbocycles. The molecule has 2 atom stereocenters. The second-order valence-electron chi connectivity index (χ2n) is 5.09. The summed E-state index contributed by atoms with van der Waals surface area (Å²) in [6.07, 6.45) is 11.6. The molecule has 17 heavy (non-hydrogen) atoms. The van der Waals surface area contributed by atoms with Gasteiger partial charge >= 0.3 is 0 Å². The molecule has 1 amide bonds. The zero-order valence-electron chi connectivity index (χ0n) is 11.3. The summed E-state index contributed by atoms with van der Waals surface area (Å²) >= 11 is 0. The average molecular weight is 235 g/mol. The van der Waals surface area contributed by atoms with Gasteiger partial charge in [-0.2, -0.15) is 0 Å². The lowest BCUT2D eigenvalue weighted by atomic mass is 9.83. The third-order valence-corrected chi connectivity index (χ3v) is 3.53. The number of allylic oxidation sites excluding steroid dienone is 2. The van der Waals surface area contributed by atoms with Gasteiger partial charge in [0.15, 0.2) is 0 Å². The third-order valence-electron chi connectivity index (χ3n) is 3.53. The van der Waals surface area contributed by atoms with Gasteiger partial charge in [-0.15, -0.1) is 0 Å². The van der Waals surface area contributed by atoms with Crippen molar-refractivity contribution in [3.05, 3.63) is 23.8 Å². The van der Waals surface area contributed by atoms with Crippen molar-refractivity contribution in [2.45, 2.75) is 46.5 Å². The summed E-state index contributed by atoms with van der Waals surface area (Å²) in [7, 11) is 0. The second-order valence-corrected chi connectivity index (χ2v) is 5.09. The molecule has 1 aliphatic rings. The highest BCUT2D eigenvalue weighted by Crippen LogP contribution is 2.27. The van der Waals surface area contributed by atoms with Gasteiger partial charge < -0.3 is 5.32 Å². The van der Waals surface area contributed by atoms with Crippen LogP contribution >= 0.6 is 0 Å². The van der Waals surface area contributed by atoms with Gasteiger partial charge in [-0.1, -0.05) is 44.9 Å². The zero-order valence-corrected chi connectivity index (χ0v) is 11.3. The molecule has 0 saturated carbocycles. The molecule has 0 bridgehead atoms. The fourth-order valence-corrected chi connectivity index (χ4v) is 2.36. The normalized spacial score (nSPS) is 24.8. The Kier molecular flexibility index (Phi) is 6.03. The van der Waals surface area contributed by atoms with E-state index < -0.39 is 0 Å². The van der Waals surface area contributed by atoms with E-state index in [1.807, 2.05) is 0 Å². The topological polar surface area (TPSA) is 29.1 Å². The van der Waals surface area contributed by atoms with Crippen molar-refractivity contribution < 1.29 is 4.79 Å². The maximum Gasteiger partial charge on any atom is 0.217 e. The summed E-state index contributed by atoms with van der Waals surface area (Å²) in [5.74, 6) is 1.60. The van der Waals surface area contributed by atoms with E-state index in [2.05, 4.69) is 37.4 Å². The van der Waals surface area contributed by atoms with E-state index in [1.54, 1.807) is 6.92 Å². The molecule has 0 heterocycles. The lowest BCUT2D eigenvalue weighted by molar-refractivity contribution is -0.118. The zero-order chi connectivity index (χ0) is 12.7. The Morgan fingerprint density at radius 1 is 1.47 bits per heavy atom. The molecule has 2 unspecified atom stereocenters. The van der Waals surface area contributed by atoms with Crippen molar-refractivity contribution in [2.24, 2.45) is 11.8 Å². The minimum absolute atomic E-state index is 0.0401. The lowest BCUT2D eigenvalue weighted by Crippen LogP contribution is -2.22. The van der Waals surface area contributed by atoms with Crippen LogP contribution in [0.15, 0.2) is 23.8 Å². The Morgan fingerprint density at radius 2 is 2.24 bits per heavy atom. The van der Waals surface area contributed by atoms with Crippen LogP contribution in [0.5, 0.6) is 0 Å². The highest BCUT2D eigenvalue weighted by atomic mass is 16.1. The Balaban J connectivity index is 2.53. The first kappa shape index (κ1) is 14.0. The van der Waals surface area contributed by atoms with E-state index in [4.69, 9.17) is 0 Å². The molecular formula is C15H25NO. The van der Waals surface area contributed by atoms with Gasteiger partial charge in [0.05, 0.1) is 0 Å². The fourth-order valence-electron chi connectivity index (χ4n) is 2.36. The maximum absolute atomic E-state index is 10.9. The Morgan fingerprint density at radius 3 is 2.88 bits per heavy atom. The molecule has 0 aromatic heterocycles. The first-order valence-electron chi connectivity index (χ1n) is 6.73. The summed E-state index contributed by atoms with van der Waals surface area (Å²) in [4.78, 5) is 10.9. The predicted octanol–water partition coefficient (Wildman–Crippen LogP) is 3.45. The number of rotatable bonds is 4. The van der Waals surface area contributed by atoms with Crippen molar-refractivity contribution in [3.8, 4) is 0 Å². The Bertz CT molecular complexity index is 304. The van der Waals surface area contributed by atoms with Gasteiger partial charge in [0.2, 0.25) is 5.91 Å². The molecule has 2 nitrogen and oxygen atoms in total. The second kappa shape index (κ2) is 7.31. The molecule has 96 valence electrons. The molecular weight excluding hydrogens is 210 g/mol. The first-order valence-corrected chi connectivity index (χ1v) is 6.73. The summed E-state index contributed by atoms with van der Waals surface area (Å²) in [6.45, 7) is 6.82. The van der Waals surface area contributed by atoms with Crippen molar-refractivity contribution in [2.75, 3.05) is 6.54 Å². The smallest absolute Gasteiger partial charge is 0.217 e. The van der Waals surface area contributed by atoms with Gasteiger partial charge in [-0.25, -0.2) is 0 Å². The molecule has 0 fully saturated rings. The van der Waals surface area contributed by atoms with E-state index in [0.717, 1.165) is 18.3 Å². The molecule has 1 rings (SSSR count). The van der Waals surface area contributed by atoms with E-state index in [9.17, 15) is 4.79 Å². The van der Waals surface area contributed by atoms with Crippen molar-refractivity contribution in [3.63, 3.8) is 0 Å². The molecule has 0 aliphatic heterocycles. The number of hydrogen-bond donors (Lipinski definition) is 1. The van der Waals surface area contributed by atoms with Gasteiger partial charge in [-0.05, 0) is 30.3 Å². The van der Waals surface area contributed by atoms with Crippen LogP contribution in [0.4, 0.5) is 0 Å². The van der Waals surface area contributed by atoms with E-state index in [0.29, 0.717) is 6.54 Å². The minimum Gasteiger partial charge on any atom is -0.352 e. The largest absolute Gasteiger partial charge is 0.352 e. The lowest BCUT2D eigenvalue weighted by Gasteiger charge is -2.23. The Labute approximate surface area is 105 Å². The highest BCUT2D eigenvalue weighted by Gasteiger charge is 2.15. The van der Waals surface area contributed by atoms with E-state index >= 15 is 0 Å². The summed E-state index contributed by atoms with van der Waals surface area (Å²) in [6, 6.07) is 0. The number of hydrogen-bond acceptors (Lipinski definition) is 1.